The second-order valence-corrected chi connectivity index (χ2v) is 5.40. The molecule has 1 fully saturated rings. The highest BCUT2D eigenvalue weighted by Gasteiger charge is 2.24. The van der Waals surface area contributed by atoms with Crippen LogP contribution in [0.2, 0.25) is 0 Å². The molecular formula is C13H26N2O. The van der Waals surface area contributed by atoms with Gasteiger partial charge in [-0.3, -0.25) is 4.79 Å². The summed E-state index contributed by atoms with van der Waals surface area (Å²) in [5.74, 6) is 1.11. The Morgan fingerprint density at radius 1 is 1.31 bits per heavy atom. The standard InChI is InChI=1S/C13H26N2O/c1-4-10-5-7-11(8-6-10)15-13(16)12(14)9(2)3/h9-12H,4-8,14H2,1-3H3,(H,15,16)/t10?,11?,12-/m1/s1. The van der Waals surface area contributed by atoms with E-state index in [0.717, 1.165) is 18.8 Å². The van der Waals surface area contributed by atoms with Crippen LogP contribution in [0, 0.1) is 11.8 Å². The summed E-state index contributed by atoms with van der Waals surface area (Å²) in [5, 5.41) is 3.08. The Morgan fingerprint density at radius 3 is 2.31 bits per heavy atom. The first-order valence-corrected chi connectivity index (χ1v) is 6.60. The Balaban J connectivity index is 2.31. The first kappa shape index (κ1) is 13.5. The van der Waals surface area contributed by atoms with E-state index in [4.69, 9.17) is 5.73 Å². The van der Waals surface area contributed by atoms with Crippen molar-refractivity contribution in [3.63, 3.8) is 0 Å². The maximum atomic E-state index is 11.8. The molecule has 0 aliphatic heterocycles. The zero-order valence-corrected chi connectivity index (χ0v) is 10.8. The SMILES string of the molecule is CCC1CCC(NC(=O)[C@H](N)C(C)C)CC1. The maximum absolute atomic E-state index is 11.8. The molecule has 1 amide bonds. The summed E-state index contributed by atoms with van der Waals surface area (Å²) in [6.07, 6.45) is 6.01. The summed E-state index contributed by atoms with van der Waals surface area (Å²) >= 11 is 0. The van der Waals surface area contributed by atoms with Gasteiger partial charge in [0.1, 0.15) is 0 Å². The molecule has 1 saturated carbocycles. The summed E-state index contributed by atoms with van der Waals surface area (Å²) in [6.45, 7) is 6.22. The minimum Gasteiger partial charge on any atom is -0.352 e. The van der Waals surface area contributed by atoms with Crippen LogP contribution >= 0.6 is 0 Å². The third kappa shape index (κ3) is 3.78. The smallest absolute Gasteiger partial charge is 0.237 e. The van der Waals surface area contributed by atoms with Gasteiger partial charge in [0, 0.05) is 6.04 Å². The molecule has 0 radical (unpaired) electrons. The molecule has 0 aromatic carbocycles. The van der Waals surface area contributed by atoms with Gasteiger partial charge >= 0.3 is 0 Å². The van der Waals surface area contributed by atoms with Crippen molar-refractivity contribution in [1.82, 2.24) is 5.32 Å². The molecule has 0 aromatic heterocycles. The second-order valence-electron chi connectivity index (χ2n) is 5.40. The van der Waals surface area contributed by atoms with E-state index < -0.39 is 0 Å². The maximum Gasteiger partial charge on any atom is 0.237 e. The van der Waals surface area contributed by atoms with E-state index in [0.29, 0.717) is 6.04 Å². The van der Waals surface area contributed by atoms with Gasteiger partial charge in [0.25, 0.3) is 0 Å². The van der Waals surface area contributed by atoms with Gasteiger partial charge < -0.3 is 11.1 Å². The monoisotopic (exact) mass is 226 g/mol. The molecule has 0 spiro atoms. The van der Waals surface area contributed by atoms with E-state index >= 15 is 0 Å². The molecule has 0 heterocycles. The van der Waals surface area contributed by atoms with Crippen LogP contribution in [0.5, 0.6) is 0 Å². The molecule has 0 saturated heterocycles. The minimum atomic E-state index is -0.358. The fourth-order valence-electron chi connectivity index (χ4n) is 2.32. The average Bonchev–Trinajstić information content (AvgIpc) is 2.28. The van der Waals surface area contributed by atoms with Crippen molar-refractivity contribution in [3.8, 4) is 0 Å². The van der Waals surface area contributed by atoms with Crippen molar-refractivity contribution < 1.29 is 4.79 Å². The lowest BCUT2D eigenvalue weighted by Crippen LogP contribution is -2.48. The average molecular weight is 226 g/mol. The third-order valence-corrected chi connectivity index (χ3v) is 3.79. The highest BCUT2D eigenvalue weighted by Crippen LogP contribution is 2.26. The number of rotatable bonds is 4. The van der Waals surface area contributed by atoms with Gasteiger partial charge in [-0.05, 0) is 37.5 Å². The van der Waals surface area contributed by atoms with E-state index in [1.54, 1.807) is 0 Å². The lowest BCUT2D eigenvalue weighted by Gasteiger charge is -2.29. The number of hydrogen-bond donors (Lipinski definition) is 2. The predicted molar refractivity (Wildman–Crippen MR) is 67.0 cm³/mol. The Hall–Kier alpha value is -0.570. The molecule has 1 aliphatic rings. The first-order chi connectivity index (χ1) is 7.54. The van der Waals surface area contributed by atoms with Crippen molar-refractivity contribution in [1.29, 1.82) is 0 Å². The summed E-state index contributed by atoms with van der Waals surface area (Å²) in [4.78, 5) is 11.8. The molecule has 1 aliphatic carbocycles. The van der Waals surface area contributed by atoms with Crippen molar-refractivity contribution in [2.75, 3.05) is 0 Å². The van der Waals surface area contributed by atoms with Gasteiger partial charge in [-0.25, -0.2) is 0 Å². The molecular weight excluding hydrogens is 200 g/mol. The summed E-state index contributed by atoms with van der Waals surface area (Å²) < 4.78 is 0. The topological polar surface area (TPSA) is 55.1 Å². The van der Waals surface area contributed by atoms with E-state index in [2.05, 4.69) is 12.2 Å². The number of carbonyl (C=O) groups excluding carboxylic acids is 1. The number of amides is 1. The van der Waals surface area contributed by atoms with Crippen LogP contribution in [0.15, 0.2) is 0 Å². The molecule has 0 aromatic rings. The van der Waals surface area contributed by atoms with Crippen molar-refractivity contribution in [3.05, 3.63) is 0 Å². The number of carbonyl (C=O) groups is 1. The third-order valence-electron chi connectivity index (χ3n) is 3.79. The molecule has 16 heavy (non-hydrogen) atoms. The van der Waals surface area contributed by atoms with Gasteiger partial charge in [-0.15, -0.1) is 0 Å². The van der Waals surface area contributed by atoms with Gasteiger partial charge in [-0.2, -0.15) is 0 Å². The summed E-state index contributed by atoms with van der Waals surface area (Å²) in [6, 6.07) is 0.00370. The van der Waals surface area contributed by atoms with Crippen molar-refractivity contribution in [2.45, 2.75) is 65.0 Å². The van der Waals surface area contributed by atoms with Crippen LogP contribution in [0.3, 0.4) is 0 Å². The van der Waals surface area contributed by atoms with Gasteiger partial charge in [0.2, 0.25) is 5.91 Å². The normalized spacial score (nSPS) is 27.8. The Morgan fingerprint density at radius 2 is 1.88 bits per heavy atom. The molecule has 3 heteroatoms. The van der Waals surface area contributed by atoms with Gasteiger partial charge in [-0.1, -0.05) is 27.2 Å². The lowest BCUT2D eigenvalue weighted by molar-refractivity contribution is -0.124. The van der Waals surface area contributed by atoms with Crippen LogP contribution < -0.4 is 11.1 Å². The zero-order valence-electron chi connectivity index (χ0n) is 10.8. The molecule has 1 atom stereocenters. The fraction of sp³-hybridized carbons (Fsp3) is 0.923. The Bertz CT molecular complexity index is 220. The largest absolute Gasteiger partial charge is 0.352 e. The summed E-state index contributed by atoms with van der Waals surface area (Å²) in [5.41, 5.74) is 5.82. The van der Waals surface area contributed by atoms with Gasteiger partial charge in [0.05, 0.1) is 6.04 Å². The number of nitrogens with one attached hydrogen (secondary N) is 1. The highest BCUT2D eigenvalue weighted by molar-refractivity contribution is 5.82. The molecule has 94 valence electrons. The molecule has 3 N–H and O–H groups in total. The number of nitrogens with two attached hydrogens (primary N) is 1. The lowest BCUT2D eigenvalue weighted by atomic mass is 9.84. The van der Waals surface area contributed by atoms with Crippen LogP contribution in [0.25, 0.3) is 0 Å². The Kier molecular flexibility index (Phi) is 5.26. The van der Waals surface area contributed by atoms with Gasteiger partial charge in [0.15, 0.2) is 0 Å². The highest BCUT2D eigenvalue weighted by atomic mass is 16.2. The van der Waals surface area contributed by atoms with E-state index in [-0.39, 0.29) is 17.9 Å². The van der Waals surface area contributed by atoms with E-state index in [1.807, 2.05) is 13.8 Å². The quantitative estimate of drug-likeness (QED) is 0.771. The van der Waals surface area contributed by atoms with Crippen LogP contribution in [0.4, 0.5) is 0 Å². The molecule has 0 unspecified atom stereocenters. The first-order valence-electron chi connectivity index (χ1n) is 6.60. The molecule has 0 bridgehead atoms. The minimum absolute atomic E-state index is 0.0231. The van der Waals surface area contributed by atoms with Crippen molar-refractivity contribution >= 4 is 5.91 Å². The molecule has 1 rings (SSSR count). The second kappa shape index (κ2) is 6.24. The predicted octanol–water partition coefficient (Wildman–Crippen LogP) is 2.05. The summed E-state index contributed by atoms with van der Waals surface area (Å²) in [7, 11) is 0. The molecule has 3 nitrogen and oxygen atoms in total. The van der Waals surface area contributed by atoms with Crippen LogP contribution in [-0.2, 0) is 4.79 Å². The van der Waals surface area contributed by atoms with Crippen molar-refractivity contribution in [2.24, 2.45) is 17.6 Å². The Labute approximate surface area is 99.2 Å². The van der Waals surface area contributed by atoms with E-state index in [9.17, 15) is 4.79 Å². The van der Waals surface area contributed by atoms with Crippen LogP contribution in [0.1, 0.15) is 52.9 Å². The van der Waals surface area contributed by atoms with Crippen LogP contribution in [-0.4, -0.2) is 18.0 Å². The van der Waals surface area contributed by atoms with E-state index in [1.165, 1.54) is 19.3 Å². The fourth-order valence-corrected chi connectivity index (χ4v) is 2.32. The zero-order chi connectivity index (χ0) is 12.1. The number of hydrogen-bond acceptors (Lipinski definition) is 2.